The van der Waals surface area contributed by atoms with Crippen molar-refractivity contribution >= 4 is 17.6 Å². The average molecular weight is 305 g/mol. The highest BCUT2D eigenvalue weighted by Gasteiger charge is 2.03. The van der Waals surface area contributed by atoms with E-state index in [1.54, 1.807) is 0 Å². The summed E-state index contributed by atoms with van der Waals surface area (Å²) in [6.45, 7) is 0.484. The summed E-state index contributed by atoms with van der Waals surface area (Å²) >= 11 is 5.84. The lowest BCUT2D eigenvalue weighted by Gasteiger charge is -2.08. The molecule has 0 N–H and O–H groups in total. The molecule has 0 bridgehead atoms. The third kappa shape index (κ3) is 5.12. The first-order chi connectivity index (χ1) is 10.2. The van der Waals surface area contributed by atoms with E-state index < -0.39 is 0 Å². The van der Waals surface area contributed by atoms with Gasteiger partial charge in [0.05, 0.1) is 7.11 Å². The van der Waals surface area contributed by atoms with E-state index in [4.69, 9.17) is 16.3 Å². The van der Waals surface area contributed by atoms with Crippen molar-refractivity contribution < 1.29 is 14.3 Å². The lowest BCUT2D eigenvalue weighted by molar-refractivity contribution is -0.140. The van der Waals surface area contributed by atoms with Gasteiger partial charge in [0.15, 0.2) is 0 Å². The number of aryl methyl sites for hydroxylation is 1. The molecule has 0 aliphatic carbocycles. The van der Waals surface area contributed by atoms with E-state index >= 15 is 0 Å². The van der Waals surface area contributed by atoms with Crippen LogP contribution in [-0.2, 0) is 22.6 Å². The summed E-state index contributed by atoms with van der Waals surface area (Å²) in [6, 6.07) is 15.3. The number of hydrogen-bond donors (Lipinski definition) is 0. The molecule has 2 rings (SSSR count). The first kappa shape index (κ1) is 15.4. The Balaban J connectivity index is 1.91. The fourth-order valence-electron chi connectivity index (χ4n) is 1.89. The van der Waals surface area contributed by atoms with Crippen LogP contribution in [0.3, 0.4) is 0 Å². The van der Waals surface area contributed by atoms with Crippen molar-refractivity contribution in [3.05, 3.63) is 64.7 Å². The second kappa shape index (κ2) is 7.70. The van der Waals surface area contributed by atoms with E-state index in [2.05, 4.69) is 4.74 Å². The molecule has 0 amide bonds. The fourth-order valence-corrected chi connectivity index (χ4v) is 2.01. The van der Waals surface area contributed by atoms with Crippen LogP contribution in [0, 0.1) is 0 Å². The number of esters is 1. The van der Waals surface area contributed by atoms with Gasteiger partial charge in [-0.15, -0.1) is 0 Å². The van der Waals surface area contributed by atoms with Gasteiger partial charge in [-0.3, -0.25) is 4.79 Å². The molecule has 0 fully saturated rings. The molecule has 110 valence electrons. The lowest BCUT2D eigenvalue weighted by Crippen LogP contribution is -2.02. The van der Waals surface area contributed by atoms with Crippen molar-refractivity contribution in [1.29, 1.82) is 0 Å². The topological polar surface area (TPSA) is 35.5 Å². The number of ether oxygens (including phenoxy) is 2. The number of rotatable bonds is 6. The van der Waals surface area contributed by atoms with Crippen molar-refractivity contribution in [2.75, 3.05) is 7.11 Å². The summed E-state index contributed by atoms with van der Waals surface area (Å²) in [7, 11) is 1.40. The summed E-state index contributed by atoms with van der Waals surface area (Å²) in [5.74, 6) is 0.579. The molecule has 0 spiro atoms. The molecule has 3 nitrogen and oxygen atoms in total. The van der Waals surface area contributed by atoms with Gasteiger partial charge in [-0.1, -0.05) is 35.9 Å². The maximum Gasteiger partial charge on any atom is 0.305 e. The maximum atomic E-state index is 11.1. The van der Waals surface area contributed by atoms with Gasteiger partial charge in [0.2, 0.25) is 0 Å². The van der Waals surface area contributed by atoms with Gasteiger partial charge < -0.3 is 9.47 Å². The van der Waals surface area contributed by atoms with E-state index in [9.17, 15) is 4.79 Å². The summed E-state index contributed by atoms with van der Waals surface area (Å²) in [4.78, 5) is 11.1. The standard InChI is InChI=1S/C17H17ClO3/c1-20-17(19)10-7-13-3-2-4-16(11-13)21-12-14-5-8-15(18)9-6-14/h2-6,8-9,11H,7,10,12H2,1H3. The van der Waals surface area contributed by atoms with Crippen LogP contribution in [0.2, 0.25) is 5.02 Å². The Morgan fingerprint density at radius 3 is 2.57 bits per heavy atom. The maximum absolute atomic E-state index is 11.1. The molecule has 0 unspecified atom stereocenters. The van der Waals surface area contributed by atoms with Crippen LogP contribution in [0.15, 0.2) is 48.5 Å². The molecule has 2 aromatic carbocycles. The Labute approximate surface area is 129 Å². The van der Waals surface area contributed by atoms with Gasteiger partial charge in [0.1, 0.15) is 12.4 Å². The summed E-state index contributed by atoms with van der Waals surface area (Å²) in [5.41, 5.74) is 2.10. The molecular weight excluding hydrogens is 288 g/mol. The molecule has 0 aliphatic heterocycles. The highest BCUT2D eigenvalue weighted by Crippen LogP contribution is 2.17. The van der Waals surface area contributed by atoms with E-state index in [0.29, 0.717) is 24.5 Å². The Bertz CT molecular complexity index is 593. The largest absolute Gasteiger partial charge is 0.489 e. The van der Waals surface area contributed by atoms with Crippen molar-refractivity contribution in [2.45, 2.75) is 19.4 Å². The predicted octanol–water partition coefficient (Wildman–Crippen LogP) is 4.02. The molecule has 0 atom stereocenters. The molecule has 0 heterocycles. The summed E-state index contributed by atoms with van der Waals surface area (Å²) < 4.78 is 10.4. The monoisotopic (exact) mass is 304 g/mol. The number of carbonyl (C=O) groups is 1. The van der Waals surface area contributed by atoms with Crippen LogP contribution in [-0.4, -0.2) is 13.1 Å². The van der Waals surface area contributed by atoms with Crippen molar-refractivity contribution in [2.24, 2.45) is 0 Å². The smallest absolute Gasteiger partial charge is 0.305 e. The summed E-state index contributed by atoms with van der Waals surface area (Å²) in [5, 5.41) is 0.712. The van der Waals surface area contributed by atoms with Crippen LogP contribution in [0.4, 0.5) is 0 Å². The number of hydrogen-bond acceptors (Lipinski definition) is 3. The minimum atomic E-state index is -0.206. The zero-order chi connectivity index (χ0) is 15.1. The molecule has 0 saturated heterocycles. The minimum absolute atomic E-state index is 0.206. The highest BCUT2D eigenvalue weighted by molar-refractivity contribution is 6.30. The minimum Gasteiger partial charge on any atom is -0.489 e. The summed E-state index contributed by atoms with van der Waals surface area (Å²) in [6.07, 6.45) is 1.02. The zero-order valence-corrected chi connectivity index (χ0v) is 12.6. The lowest BCUT2D eigenvalue weighted by atomic mass is 10.1. The molecule has 2 aromatic rings. The van der Waals surface area contributed by atoms with Gasteiger partial charge in [-0.05, 0) is 41.8 Å². The Morgan fingerprint density at radius 2 is 1.86 bits per heavy atom. The van der Waals surface area contributed by atoms with Gasteiger partial charge in [0.25, 0.3) is 0 Å². The molecule has 0 aromatic heterocycles. The normalized spacial score (nSPS) is 10.2. The predicted molar refractivity (Wildman–Crippen MR) is 82.6 cm³/mol. The van der Waals surface area contributed by atoms with E-state index in [1.165, 1.54) is 7.11 Å². The zero-order valence-electron chi connectivity index (χ0n) is 11.8. The van der Waals surface area contributed by atoms with E-state index in [-0.39, 0.29) is 5.97 Å². The fraction of sp³-hybridized carbons (Fsp3) is 0.235. The Hall–Kier alpha value is -2.00. The van der Waals surface area contributed by atoms with Crippen LogP contribution >= 0.6 is 11.6 Å². The third-order valence-electron chi connectivity index (χ3n) is 3.06. The molecule has 21 heavy (non-hydrogen) atoms. The quantitative estimate of drug-likeness (QED) is 0.756. The number of methoxy groups -OCH3 is 1. The van der Waals surface area contributed by atoms with Crippen LogP contribution in [0.5, 0.6) is 5.75 Å². The first-order valence-electron chi connectivity index (χ1n) is 6.70. The van der Waals surface area contributed by atoms with Crippen LogP contribution in [0.1, 0.15) is 17.5 Å². The van der Waals surface area contributed by atoms with E-state index in [1.807, 2.05) is 48.5 Å². The molecule has 0 saturated carbocycles. The Morgan fingerprint density at radius 1 is 1.10 bits per heavy atom. The molecule has 0 aliphatic rings. The van der Waals surface area contributed by atoms with Crippen molar-refractivity contribution in [1.82, 2.24) is 0 Å². The van der Waals surface area contributed by atoms with Crippen molar-refractivity contribution in [3.8, 4) is 5.75 Å². The second-order valence-corrected chi connectivity index (χ2v) is 5.08. The SMILES string of the molecule is COC(=O)CCc1cccc(OCc2ccc(Cl)cc2)c1. The average Bonchev–Trinajstić information content (AvgIpc) is 2.52. The second-order valence-electron chi connectivity index (χ2n) is 4.64. The first-order valence-corrected chi connectivity index (χ1v) is 7.08. The Kier molecular flexibility index (Phi) is 5.64. The number of benzene rings is 2. The molecule has 4 heteroatoms. The van der Waals surface area contributed by atoms with Gasteiger partial charge in [-0.25, -0.2) is 0 Å². The third-order valence-corrected chi connectivity index (χ3v) is 3.31. The molecular formula is C17H17ClO3. The van der Waals surface area contributed by atoms with Crippen LogP contribution in [0.25, 0.3) is 0 Å². The van der Waals surface area contributed by atoms with Gasteiger partial charge in [0, 0.05) is 11.4 Å². The number of halogens is 1. The highest BCUT2D eigenvalue weighted by atomic mass is 35.5. The van der Waals surface area contributed by atoms with Crippen molar-refractivity contribution in [3.63, 3.8) is 0 Å². The van der Waals surface area contributed by atoms with Crippen LogP contribution < -0.4 is 4.74 Å². The molecule has 0 radical (unpaired) electrons. The van der Waals surface area contributed by atoms with Gasteiger partial charge >= 0.3 is 5.97 Å². The number of carbonyl (C=O) groups excluding carboxylic acids is 1. The van der Waals surface area contributed by atoms with Gasteiger partial charge in [-0.2, -0.15) is 0 Å². The van der Waals surface area contributed by atoms with E-state index in [0.717, 1.165) is 16.9 Å².